The van der Waals surface area contributed by atoms with Crippen LogP contribution in [0.5, 0.6) is 11.6 Å². The van der Waals surface area contributed by atoms with Gasteiger partial charge in [-0.05, 0) is 72.2 Å². The van der Waals surface area contributed by atoms with Gasteiger partial charge in [-0.15, -0.1) is 0 Å². The third-order valence-electron chi connectivity index (χ3n) is 8.81. The maximum atomic E-state index is 14.7. The molecule has 7 nitrogen and oxygen atoms in total. The summed E-state index contributed by atoms with van der Waals surface area (Å²) < 4.78 is 49.8. The molecule has 0 amide bonds. The van der Waals surface area contributed by atoms with Gasteiger partial charge < -0.3 is 14.6 Å². The summed E-state index contributed by atoms with van der Waals surface area (Å²) in [4.78, 5) is 16.1. The molecule has 1 aliphatic heterocycles. The number of rotatable bonds is 7. The van der Waals surface area contributed by atoms with Gasteiger partial charge in [0.05, 0.1) is 16.9 Å². The van der Waals surface area contributed by atoms with Crippen LogP contribution >= 0.6 is 0 Å². The van der Waals surface area contributed by atoms with Gasteiger partial charge in [0.15, 0.2) is 9.84 Å². The average Bonchev–Trinajstić information content (AvgIpc) is 3.68. The minimum absolute atomic E-state index is 0.0400. The van der Waals surface area contributed by atoms with Crippen LogP contribution in [0.15, 0.2) is 48.7 Å². The summed E-state index contributed by atoms with van der Waals surface area (Å²) >= 11 is 0. The molecule has 2 aromatic carbocycles. The molecule has 1 aromatic heterocycles. The van der Waals surface area contributed by atoms with Gasteiger partial charge in [0.2, 0.25) is 5.88 Å². The van der Waals surface area contributed by atoms with E-state index in [0.29, 0.717) is 30.0 Å². The monoisotopic (exact) mass is 535 g/mol. The summed E-state index contributed by atoms with van der Waals surface area (Å²) in [6.45, 7) is 1.97. The van der Waals surface area contributed by atoms with Gasteiger partial charge in [0.1, 0.15) is 24.3 Å². The Morgan fingerprint density at radius 1 is 1.11 bits per heavy atom. The highest BCUT2D eigenvalue weighted by molar-refractivity contribution is 7.91. The Kier molecular flexibility index (Phi) is 4.99. The summed E-state index contributed by atoms with van der Waals surface area (Å²) in [5.41, 5.74) is 4.56. The number of halogens is 1. The molecule has 2 saturated carbocycles. The van der Waals surface area contributed by atoms with Crippen LogP contribution in [0.25, 0.3) is 11.1 Å². The zero-order chi connectivity index (χ0) is 26.4. The van der Waals surface area contributed by atoms with Gasteiger partial charge >= 0.3 is 5.97 Å². The minimum atomic E-state index is -2.96. The maximum absolute atomic E-state index is 14.7. The first-order valence-corrected chi connectivity index (χ1v) is 14.6. The van der Waals surface area contributed by atoms with Crippen molar-refractivity contribution in [2.24, 2.45) is 11.3 Å². The molecule has 4 aliphatic carbocycles. The molecule has 3 aromatic rings. The number of aryl methyl sites for hydroxylation is 1. The third-order valence-corrected chi connectivity index (χ3v) is 10.5. The number of pyridine rings is 1. The topological polar surface area (TPSA) is 103 Å². The molecule has 38 heavy (non-hydrogen) atoms. The number of carbonyl (C=O) groups is 1. The molecule has 1 saturated heterocycles. The highest BCUT2D eigenvalue weighted by Gasteiger charge is 2.95. The molecule has 1 unspecified atom stereocenters. The highest BCUT2D eigenvalue weighted by Crippen LogP contribution is 2.96. The van der Waals surface area contributed by atoms with Gasteiger partial charge in [-0.2, -0.15) is 0 Å². The average molecular weight is 536 g/mol. The van der Waals surface area contributed by atoms with E-state index < -0.39 is 21.2 Å². The summed E-state index contributed by atoms with van der Waals surface area (Å²) in [5, 5.41) is 9.60. The van der Waals surface area contributed by atoms with Gasteiger partial charge in [-0.1, -0.05) is 12.1 Å². The van der Waals surface area contributed by atoms with E-state index in [4.69, 9.17) is 9.47 Å². The summed E-state index contributed by atoms with van der Waals surface area (Å²) in [7, 11) is -2.96. The second-order valence-corrected chi connectivity index (χ2v) is 13.2. The van der Waals surface area contributed by atoms with E-state index in [1.165, 1.54) is 6.07 Å². The number of aliphatic carboxylic acids is 1. The Labute approximate surface area is 219 Å². The zero-order valence-corrected chi connectivity index (χ0v) is 21.5. The second-order valence-electron chi connectivity index (χ2n) is 10.9. The molecular formula is C29H26FNO6S. The number of benzene rings is 2. The number of carboxylic acids is 1. The van der Waals surface area contributed by atoms with E-state index in [1.54, 1.807) is 18.3 Å². The molecule has 1 N–H and O–H groups in total. The lowest BCUT2D eigenvalue weighted by Crippen LogP contribution is -2.30. The van der Waals surface area contributed by atoms with Crippen molar-refractivity contribution < 1.29 is 32.2 Å². The largest absolute Gasteiger partial charge is 0.489 e. The molecule has 0 spiro atoms. The fraction of sp³-hybridized carbons (Fsp3) is 0.379. The Morgan fingerprint density at radius 2 is 1.87 bits per heavy atom. The van der Waals surface area contributed by atoms with Crippen molar-refractivity contribution in [1.29, 1.82) is 0 Å². The lowest BCUT2D eigenvalue weighted by molar-refractivity contribution is -0.141. The molecule has 0 radical (unpaired) electrons. The van der Waals surface area contributed by atoms with Crippen molar-refractivity contribution in [3.05, 3.63) is 76.7 Å². The lowest BCUT2D eigenvalue weighted by Gasteiger charge is -2.23. The van der Waals surface area contributed by atoms with Crippen molar-refractivity contribution >= 4 is 15.8 Å². The highest BCUT2D eigenvalue weighted by atomic mass is 32.2. The van der Waals surface area contributed by atoms with Gasteiger partial charge in [0.25, 0.3) is 0 Å². The summed E-state index contributed by atoms with van der Waals surface area (Å²) in [6.07, 6.45) is 2.43. The van der Waals surface area contributed by atoms with Crippen molar-refractivity contribution in [2.75, 3.05) is 11.5 Å². The lowest BCUT2D eigenvalue weighted by atomic mass is 10.0. The van der Waals surface area contributed by atoms with E-state index in [1.807, 2.05) is 31.2 Å². The molecule has 2 bridgehead atoms. The van der Waals surface area contributed by atoms with Crippen molar-refractivity contribution in [3.63, 3.8) is 0 Å². The minimum Gasteiger partial charge on any atom is -0.489 e. The van der Waals surface area contributed by atoms with E-state index >= 15 is 0 Å². The summed E-state index contributed by atoms with van der Waals surface area (Å²) in [5.74, 6) is 0.724. The molecule has 5 aliphatic rings. The van der Waals surface area contributed by atoms with Crippen LogP contribution in [-0.2, 0) is 21.2 Å². The SMILES string of the molecule is Cc1cc(OC2CCS(=O)(=O)CC2)ncc1-c1ccc(F)c(COc2ccc3c(c2)C2[C@@H]4[C@H]3[C@@]24C(=O)O)c1. The Bertz CT molecular complexity index is 1610. The quantitative estimate of drug-likeness (QED) is 0.471. The number of hydrogen-bond donors (Lipinski definition) is 1. The molecule has 9 heteroatoms. The smallest absolute Gasteiger partial charge is 0.311 e. The van der Waals surface area contributed by atoms with E-state index in [9.17, 15) is 22.7 Å². The number of nitrogens with zero attached hydrogens (tertiary/aromatic N) is 1. The summed E-state index contributed by atoms with van der Waals surface area (Å²) in [6, 6.07) is 12.4. The Balaban J connectivity index is 1.04. The Hall–Kier alpha value is -3.46. The fourth-order valence-corrected chi connectivity index (χ4v) is 8.16. The molecule has 2 heterocycles. The molecule has 8 rings (SSSR count). The number of ether oxygens (including phenoxy) is 2. The van der Waals surface area contributed by atoms with Crippen LogP contribution in [0.2, 0.25) is 0 Å². The Morgan fingerprint density at radius 3 is 2.58 bits per heavy atom. The van der Waals surface area contributed by atoms with Gasteiger partial charge in [-0.3, -0.25) is 4.79 Å². The van der Waals surface area contributed by atoms with Gasteiger partial charge in [0, 0.05) is 35.2 Å². The van der Waals surface area contributed by atoms with Crippen LogP contribution in [0.4, 0.5) is 4.39 Å². The van der Waals surface area contributed by atoms with Crippen LogP contribution in [0, 0.1) is 24.1 Å². The number of hydrogen-bond acceptors (Lipinski definition) is 6. The van der Waals surface area contributed by atoms with Crippen LogP contribution < -0.4 is 9.47 Å². The second kappa shape index (κ2) is 8.02. The first-order valence-electron chi connectivity index (χ1n) is 12.8. The van der Waals surface area contributed by atoms with E-state index in [2.05, 4.69) is 4.98 Å². The van der Waals surface area contributed by atoms with E-state index in [0.717, 1.165) is 27.8 Å². The molecule has 4 atom stereocenters. The van der Waals surface area contributed by atoms with Crippen LogP contribution in [-0.4, -0.2) is 42.1 Å². The predicted octanol–water partition coefficient (Wildman–Crippen LogP) is 4.63. The first-order chi connectivity index (χ1) is 18.2. The number of carboxylic acid groups (broad SMARTS) is 1. The standard InChI is InChI=1S/C29H26FNO6S/c1-15-10-24(37-18-6-8-38(34,35)9-7-18)31-13-22(15)16-2-5-23(30)17(11-16)14-36-19-3-4-20-21(12-19)26-27-25(20)29(26,27)28(32)33/h2-5,10-13,18,25-27H,6-9,14H2,1H3,(H,32,33)/t25-,26?,27-,29+/m0/s1. The fourth-order valence-electron chi connectivity index (χ4n) is 6.71. The normalized spacial score (nSPS) is 27.8. The molecule has 196 valence electrons. The first kappa shape index (κ1) is 23.6. The van der Waals surface area contributed by atoms with Crippen molar-refractivity contribution in [3.8, 4) is 22.8 Å². The molecular weight excluding hydrogens is 509 g/mol. The number of aromatic nitrogens is 1. The van der Waals surface area contributed by atoms with Crippen LogP contribution in [0.3, 0.4) is 0 Å². The third kappa shape index (κ3) is 3.47. The maximum Gasteiger partial charge on any atom is 0.311 e. The van der Waals surface area contributed by atoms with Crippen molar-refractivity contribution in [2.45, 2.75) is 44.3 Å². The number of sulfone groups is 1. The van der Waals surface area contributed by atoms with Crippen molar-refractivity contribution in [1.82, 2.24) is 4.98 Å². The van der Waals surface area contributed by atoms with E-state index in [-0.39, 0.29) is 47.8 Å². The zero-order valence-electron chi connectivity index (χ0n) is 20.7. The van der Waals surface area contributed by atoms with Crippen LogP contribution in [0.1, 0.15) is 46.9 Å². The molecule has 3 fully saturated rings. The predicted molar refractivity (Wildman–Crippen MR) is 136 cm³/mol. The van der Waals surface area contributed by atoms with Gasteiger partial charge in [-0.25, -0.2) is 17.8 Å².